The zero-order valence-corrected chi connectivity index (χ0v) is 29.4. The molecular weight excluding hydrogens is 634 g/mol. The molecule has 47 heavy (non-hydrogen) atoms. The lowest BCUT2D eigenvalue weighted by Crippen LogP contribution is -2.56. The molecule has 10 heteroatoms. The number of carbonyl (C=O) groups is 1. The second kappa shape index (κ2) is 12.8. The molecule has 2 aromatic carbocycles. The van der Waals surface area contributed by atoms with Crippen molar-refractivity contribution in [3.8, 4) is 5.75 Å². The van der Waals surface area contributed by atoms with Crippen molar-refractivity contribution in [2.75, 3.05) is 44.2 Å². The van der Waals surface area contributed by atoms with Crippen molar-refractivity contribution >= 4 is 33.2 Å². The maximum absolute atomic E-state index is 13.5. The van der Waals surface area contributed by atoms with E-state index in [1.807, 2.05) is 25.1 Å². The number of likely N-dealkylation sites (tertiary alicyclic amines) is 1. The van der Waals surface area contributed by atoms with Crippen molar-refractivity contribution < 1.29 is 23.1 Å². The fourth-order valence-electron chi connectivity index (χ4n) is 9.29. The first-order chi connectivity index (χ1) is 22.5. The minimum Gasteiger partial charge on any atom is -0.490 e. The third-order valence-corrected chi connectivity index (χ3v) is 14.5. The molecule has 0 aromatic heterocycles. The zero-order chi connectivity index (χ0) is 33.0. The molecule has 5 aliphatic rings. The van der Waals surface area contributed by atoms with Gasteiger partial charge in [-0.25, -0.2) is 13.1 Å². The van der Waals surface area contributed by atoms with Crippen molar-refractivity contribution in [1.29, 1.82) is 0 Å². The molecular formula is C37H50ClN3O5S. The number of nitrogens with zero attached hydrogens (tertiary/aromatic N) is 2. The first-order valence-corrected chi connectivity index (χ1v) is 19.7. The minimum absolute atomic E-state index is 0.153. The Morgan fingerprint density at radius 3 is 2.60 bits per heavy atom. The average Bonchev–Trinajstić information content (AvgIpc) is 3.47. The number of fused-ring (bicyclic) bond motifs is 4. The van der Waals surface area contributed by atoms with E-state index in [1.54, 1.807) is 13.0 Å². The van der Waals surface area contributed by atoms with Gasteiger partial charge in [0.2, 0.25) is 10.0 Å². The van der Waals surface area contributed by atoms with E-state index in [4.69, 9.17) is 16.3 Å². The van der Waals surface area contributed by atoms with Crippen LogP contribution >= 0.6 is 11.6 Å². The van der Waals surface area contributed by atoms with Crippen molar-refractivity contribution in [3.63, 3.8) is 0 Å². The molecule has 8 nitrogen and oxygen atoms in total. The van der Waals surface area contributed by atoms with Gasteiger partial charge in [-0.1, -0.05) is 31.0 Å². The van der Waals surface area contributed by atoms with Gasteiger partial charge < -0.3 is 19.6 Å². The summed E-state index contributed by atoms with van der Waals surface area (Å²) in [6, 6.07) is 11.5. The van der Waals surface area contributed by atoms with Crippen molar-refractivity contribution in [2.45, 2.75) is 94.3 Å². The zero-order valence-electron chi connectivity index (χ0n) is 27.8. The van der Waals surface area contributed by atoms with Crippen LogP contribution in [0.4, 0.5) is 5.69 Å². The fourth-order valence-corrected chi connectivity index (χ4v) is 10.8. The van der Waals surface area contributed by atoms with Crippen LogP contribution in [0.25, 0.3) is 0 Å². The molecule has 2 aromatic rings. The van der Waals surface area contributed by atoms with Gasteiger partial charge in [-0.3, -0.25) is 4.79 Å². The predicted octanol–water partition coefficient (Wildman–Crippen LogP) is 5.93. The Balaban J connectivity index is 1.29. The van der Waals surface area contributed by atoms with Crippen molar-refractivity contribution in [3.05, 3.63) is 58.1 Å². The number of ether oxygens (including phenoxy) is 1. The lowest BCUT2D eigenvalue weighted by molar-refractivity contribution is -0.103. The number of carbonyl (C=O) groups excluding carboxylic acids is 1. The SMILES string of the molecule is C[C@@H]1[C@@H](C)CCC[C@@](O)(CN2CCCC2)[C@@H]2CC[C@H]2CN2C[C@@]3(CCCc4cc(Cl)ccc43)COc3ccc(cc32)C(=O)NS1(=O)=O. The summed E-state index contributed by atoms with van der Waals surface area (Å²) < 4.78 is 35.9. The van der Waals surface area contributed by atoms with Crippen LogP contribution in [0, 0.1) is 17.8 Å². The first-order valence-electron chi connectivity index (χ1n) is 17.8. The molecule has 7 rings (SSSR count). The van der Waals surface area contributed by atoms with Crippen LogP contribution in [0.5, 0.6) is 5.75 Å². The van der Waals surface area contributed by atoms with E-state index in [0.29, 0.717) is 49.8 Å². The number of anilines is 1. The highest BCUT2D eigenvalue weighted by molar-refractivity contribution is 7.90. The van der Waals surface area contributed by atoms with Crippen molar-refractivity contribution in [2.24, 2.45) is 17.8 Å². The first kappa shape index (κ1) is 33.2. The van der Waals surface area contributed by atoms with Gasteiger partial charge >= 0.3 is 0 Å². The Morgan fingerprint density at radius 2 is 1.83 bits per heavy atom. The van der Waals surface area contributed by atoms with Crippen LogP contribution in [-0.4, -0.2) is 74.5 Å². The van der Waals surface area contributed by atoms with Crippen LogP contribution in [0.2, 0.25) is 5.02 Å². The third kappa shape index (κ3) is 6.42. The molecule has 2 aliphatic carbocycles. The molecule has 3 aliphatic heterocycles. The number of hydrogen-bond donors (Lipinski definition) is 2. The molecule has 1 saturated heterocycles. The summed E-state index contributed by atoms with van der Waals surface area (Å²) in [5.41, 5.74) is 2.56. The molecule has 0 radical (unpaired) electrons. The van der Waals surface area contributed by atoms with Crippen LogP contribution in [0.1, 0.15) is 93.1 Å². The number of benzene rings is 2. The lowest BCUT2D eigenvalue weighted by atomic mass is 9.62. The van der Waals surface area contributed by atoms with Gasteiger partial charge in [0.25, 0.3) is 5.91 Å². The molecule has 2 bridgehead atoms. The number of aliphatic hydroxyl groups is 1. The summed E-state index contributed by atoms with van der Waals surface area (Å²) in [6.45, 7) is 8.30. The van der Waals surface area contributed by atoms with Gasteiger partial charge in [0, 0.05) is 35.6 Å². The monoisotopic (exact) mass is 683 g/mol. The Hall–Kier alpha value is -2.33. The van der Waals surface area contributed by atoms with Crippen LogP contribution in [0.3, 0.4) is 0 Å². The normalized spacial score (nSPS) is 34.4. The average molecular weight is 684 g/mol. The molecule has 1 amide bonds. The van der Waals surface area contributed by atoms with Gasteiger partial charge in [0.1, 0.15) is 5.75 Å². The Morgan fingerprint density at radius 1 is 1.02 bits per heavy atom. The van der Waals surface area contributed by atoms with E-state index in [-0.39, 0.29) is 17.3 Å². The highest BCUT2D eigenvalue weighted by Gasteiger charge is 2.49. The maximum Gasteiger partial charge on any atom is 0.264 e. The molecule has 2 N–H and O–H groups in total. The molecule has 1 spiro atoms. The third-order valence-electron chi connectivity index (χ3n) is 12.4. The Bertz CT molecular complexity index is 1610. The molecule has 256 valence electrons. The minimum atomic E-state index is -3.92. The molecule has 0 unspecified atom stereocenters. The highest BCUT2D eigenvalue weighted by atomic mass is 35.5. The van der Waals surface area contributed by atoms with E-state index >= 15 is 0 Å². The number of halogens is 1. The number of β-amino-alcohol motifs (C(OH)–C–C–N with tert-alkyl or cyclic N) is 1. The van der Waals surface area contributed by atoms with Gasteiger partial charge in [-0.05, 0) is 137 Å². The topological polar surface area (TPSA) is 99.2 Å². The van der Waals surface area contributed by atoms with Gasteiger partial charge in [0.15, 0.2) is 0 Å². The quantitative estimate of drug-likeness (QED) is 0.405. The molecule has 3 heterocycles. The van der Waals surface area contributed by atoms with Crippen LogP contribution < -0.4 is 14.4 Å². The Kier molecular flexibility index (Phi) is 9.07. The standard InChI is InChI=1S/C37H50ClN3O5S/c1-25-7-5-16-37(43,23-40-17-3-4-18-40)32-12-9-29(32)21-41-22-36(15-6-8-27-19-30(38)11-13-31(27)36)24-46-34-14-10-28(20-33(34)41)35(42)39-47(44,45)26(25)2/h10-11,13-14,19-20,25-26,29,32,43H,3-9,12,15-18,21-24H2,1-2H3,(H,39,42)/t25-,26+,29-,32+,36-,37+/m0/s1. The predicted molar refractivity (Wildman–Crippen MR) is 186 cm³/mol. The number of amides is 1. The van der Waals surface area contributed by atoms with E-state index in [1.165, 1.54) is 24.0 Å². The van der Waals surface area contributed by atoms with E-state index in [9.17, 15) is 18.3 Å². The molecule has 6 atom stereocenters. The van der Waals surface area contributed by atoms with Crippen molar-refractivity contribution in [1.82, 2.24) is 9.62 Å². The maximum atomic E-state index is 13.5. The number of aryl methyl sites for hydroxylation is 1. The fraction of sp³-hybridized carbons (Fsp3) is 0.649. The number of rotatable bonds is 2. The summed E-state index contributed by atoms with van der Waals surface area (Å²) in [5, 5.41) is 12.6. The van der Waals surface area contributed by atoms with Gasteiger partial charge in [-0.15, -0.1) is 0 Å². The van der Waals surface area contributed by atoms with E-state index in [0.717, 1.165) is 68.9 Å². The summed E-state index contributed by atoms with van der Waals surface area (Å²) in [7, 11) is -3.92. The summed E-state index contributed by atoms with van der Waals surface area (Å²) in [6.07, 6.45) is 9.42. The van der Waals surface area contributed by atoms with Crippen LogP contribution in [0.15, 0.2) is 36.4 Å². The summed E-state index contributed by atoms with van der Waals surface area (Å²) >= 11 is 6.45. The lowest BCUT2D eigenvalue weighted by Gasteiger charge is -2.51. The van der Waals surface area contributed by atoms with Crippen LogP contribution in [-0.2, 0) is 21.9 Å². The Labute approximate surface area is 285 Å². The summed E-state index contributed by atoms with van der Waals surface area (Å²) in [4.78, 5) is 18.3. The van der Waals surface area contributed by atoms with Gasteiger partial charge in [0.05, 0.1) is 23.1 Å². The highest BCUT2D eigenvalue weighted by Crippen LogP contribution is 2.49. The molecule has 2 fully saturated rings. The second-order valence-corrected chi connectivity index (χ2v) is 17.8. The smallest absolute Gasteiger partial charge is 0.264 e. The van der Waals surface area contributed by atoms with E-state index < -0.39 is 26.8 Å². The number of sulfonamides is 1. The number of hydrogen-bond acceptors (Lipinski definition) is 7. The second-order valence-electron chi connectivity index (χ2n) is 15.4. The van der Waals surface area contributed by atoms with Gasteiger partial charge in [-0.2, -0.15) is 0 Å². The van der Waals surface area contributed by atoms with E-state index in [2.05, 4.69) is 26.7 Å². The largest absolute Gasteiger partial charge is 0.490 e. The summed E-state index contributed by atoms with van der Waals surface area (Å²) in [5.74, 6) is 0.369. The molecule has 1 saturated carbocycles. The number of nitrogens with one attached hydrogen (secondary N) is 1.